The Kier molecular flexibility index (Phi) is 6.07. The second-order valence-corrected chi connectivity index (χ2v) is 7.07. The number of halogens is 4. The van der Waals surface area contributed by atoms with Crippen molar-refractivity contribution in [2.75, 3.05) is 5.88 Å². The minimum absolute atomic E-state index is 0.0238. The van der Waals surface area contributed by atoms with Gasteiger partial charge in [-0.25, -0.2) is 13.1 Å². The highest BCUT2D eigenvalue weighted by atomic mass is 35.5. The van der Waals surface area contributed by atoms with Gasteiger partial charge in [0.1, 0.15) is 0 Å². The van der Waals surface area contributed by atoms with Gasteiger partial charge in [-0.05, 0) is 30.5 Å². The summed E-state index contributed by atoms with van der Waals surface area (Å²) in [5.74, 6) is 0.234. The molecule has 1 aromatic carbocycles. The molecule has 3 nitrogen and oxygen atoms in total. The maximum atomic E-state index is 12.6. The van der Waals surface area contributed by atoms with Crippen molar-refractivity contribution >= 4 is 21.6 Å². The number of benzene rings is 1. The molecule has 0 saturated carbocycles. The molecule has 1 rings (SSSR count). The van der Waals surface area contributed by atoms with Gasteiger partial charge in [0.05, 0.1) is 10.5 Å². The lowest BCUT2D eigenvalue weighted by Crippen LogP contribution is -2.38. The van der Waals surface area contributed by atoms with Gasteiger partial charge in [0.2, 0.25) is 10.0 Å². The summed E-state index contributed by atoms with van der Waals surface area (Å²) in [5, 5.41) is 0. The summed E-state index contributed by atoms with van der Waals surface area (Å²) >= 11 is 5.62. The molecule has 1 aromatic rings. The van der Waals surface area contributed by atoms with Gasteiger partial charge in [-0.15, -0.1) is 11.6 Å². The van der Waals surface area contributed by atoms with Crippen LogP contribution in [0.5, 0.6) is 0 Å². The fourth-order valence-electron chi connectivity index (χ4n) is 1.75. The quantitative estimate of drug-likeness (QED) is 0.802. The monoisotopic (exact) mass is 343 g/mol. The van der Waals surface area contributed by atoms with Crippen molar-refractivity contribution in [3.8, 4) is 0 Å². The number of hydrogen-bond acceptors (Lipinski definition) is 2. The van der Waals surface area contributed by atoms with Crippen LogP contribution in [0.4, 0.5) is 13.2 Å². The smallest absolute Gasteiger partial charge is 0.208 e. The Labute approximate surface area is 127 Å². The number of hydrogen-bond donors (Lipinski definition) is 1. The lowest BCUT2D eigenvalue weighted by molar-refractivity contribution is -0.137. The minimum atomic E-state index is -4.58. The molecule has 0 aliphatic heterocycles. The predicted molar refractivity (Wildman–Crippen MR) is 75.7 cm³/mol. The highest BCUT2D eigenvalue weighted by Gasteiger charge is 2.32. The Bertz CT molecular complexity index is 573. The summed E-state index contributed by atoms with van der Waals surface area (Å²) in [6, 6.07) is 3.24. The van der Waals surface area contributed by atoms with Gasteiger partial charge in [-0.2, -0.15) is 13.2 Å². The van der Waals surface area contributed by atoms with Crippen LogP contribution < -0.4 is 4.72 Å². The minimum Gasteiger partial charge on any atom is -0.208 e. The zero-order valence-corrected chi connectivity index (χ0v) is 13.2. The van der Waals surface area contributed by atoms with Crippen molar-refractivity contribution in [3.63, 3.8) is 0 Å². The van der Waals surface area contributed by atoms with Crippen molar-refractivity contribution in [2.45, 2.75) is 37.4 Å². The number of sulfonamides is 1. The van der Waals surface area contributed by atoms with Crippen molar-refractivity contribution in [1.29, 1.82) is 0 Å². The van der Waals surface area contributed by atoms with E-state index in [1.165, 1.54) is 0 Å². The molecule has 1 N–H and O–H groups in total. The van der Waals surface area contributed by atoms with Crippen LogP contribution in [0.3, 0.4) is 0 Å². The van der Waals surface area contributed by atoms with Crippen LogP contribution in [0.15, 0.2) is 29.2 Å². The zero-order chi connectivity index (χ0) is 16.3. The Balaban J connectivity index is 3.08. The third kappa shape index (κ3) is 5.16. The average molecular weight is 344 g/mol. The van der Waals surface area contributed by atoms with Gasteiger partial charge in [-0.1, -0.05) is 19.9 Å². The van der Waals surface area contributed by atoms with Crippen LogP contribution in [-0.2, 0) is 16.2 Å². The summed E-state index contributed by atoms with van der Waals surface area (Å²) in [4.78, 5) is -0.405. The Morgan fingerprint density at radius 3 is 2.38 bits per heavy atom. The second kappa shape index (κ2) is 6.98. The molecular weight excluding hydrogens is 327 g/mol. The molecule has 0 saturated heterocycles. The van der Waals surface area contributed by atoms with Crippen LogP contribution in [-0.4, -0.2) is 20.3 Å². The Hall–Kier alpha value is -0.790. The van der Waals surface area contributed by atoms with E-state index < -0.39 is 32.7 Å². The van der Waals surface area contributed by atoms with Crippen molar-refractivity contribution < 1.29 is 21.6 Å². The molecule has 0 aliphatic carbocycles. The van der Waals surface area contributed by atoms with Gasteiger partial charge < -0.3 is 0 Å². The van der Waals surface area contributed by atoms with Crippen LogP contribution in [0.2, 0.25) is 0 Å². The fourth-order valence-corrected chi connectivity index (χ4v) is 3.45. The molecular formula is C13H17ClF3NO2S. The molecule has 21 heavy (non-hydrogen) atoms. The van der Waals surface area contributed by atoms with E-state index in [4.69, 9.17) is 11.6 Å². The average Bonchev–Trinajstić information content (AvgIpc) is 2.37. The lowest BCUT2D eigenvalue weighted by atomic mass is 10.0. The van der Waals surface area contributed by atoms with Gasteiger partial charge in [0.25, 0.3) is 0 Å². The van der Waals surface area contributed by atoms with Crippen molar-refractivity contribution in [1.82, 2.24) is 4.72 Å². The summed E-state index contributed by atoms with van der Waals surface area (Å²) in [6.07, 6.45) is -4.18. The van der Waals surface area contributed by atoms with E-state index in [1.54, 1.807) is 0 Å². The van der Waals surface area contributed by atoms with Crippen LogP contribution >= 0.6 is 11.6 Å². The highest BCUT2D eigenvalue weighted by Crippen LogP contribution is 2.30. The number of rotatable bonds is 6. The number of nitrogens with one attached hydrogen (secondary N) is 1. The normalized spacial score (nSPS) is 14.4. The summed E-state index contributed by atoms with van der Waals surface area (Å²) in [7, 11) is -4.02. The molecule has 0 amide bonds. The molecule has 0 spiro atoms. The standard InChI is InChI=1S/C13H17ClF3NO2S/c1-9(2)12(6-7-14)18-21(19,20)11-5-3-4-10(8-11)13(15,16)17/h3-5,8-9,12,18H,6-7H2,1-2H3. The molecule has 1 unspecified atom stereocenters. The first kappa shape index (κ1) is 18.3. The predicted octanol–water partition coefficient (Wildman–Crippen LogP) is 3.64. The van der Waals surface area contributed by atoms with Crippen molar-refractivity contribution in [2.24, 2.45) is 5.92 Å². The topological polar surface area (TPSA) is 46.2 Å². The summed E-state index contributed by atoms with van der Waals surface area (Å²) in [5.41, 5.74) is -0.996. The van der Waals surface area contributed by atoms with Gasteiger partial charge in [0, 0.05) is 11.9 Å². The third-order valence-corrected chi connectivity index (χ3v) is 4.71. The van der Waals surface area contributed by atoms with E-state index in [9.17, 15) is 21.6 Å². The molecule has 0 bridgehead atoms. The molecule has 0 fully saturated rings. The third-order valence-electron chi connectivity index (χ3n) is 3.00. The first-order valence-electron chi connectivity index (χ1n) is 6.33. The van der Waals surface area contributed by atoms with Crippen LogP contribution in [0, 0.1) is 5.92 Å². The largest absolute Gasteiger partial charge is 0.416 e. The Morgan fingerprint density at radius 1 is 1.29 bits per heavy atom. The van der Waals surface area contributed by atoms with E-state index in [0.717, 1.165) is 18.2 Å². The lowest BCUT2D eigenvalue weighted by Gasteiger charge is -2.21. The van der Waals surface area contributed by atoms with Crippen LogP contribution in [0.25, 0.3) is 0 Å². The fraction of sp³-hybridized carbons (Fsp3) is 0.538. The number of alkyl halides is 4. The molecule has 8 heteroatoms. The molecule has 0 heterocycles. The van der Waals surface area contributed by atoms with Crippen LogP contribution in [0.1, 0.15) is 25.8 Å². The van der Waals surface area contributed by atoms with E-state index in [2.05, 4.69) is 4.72 Å². The van der Waals surface area contributed by atoms with Gasteiger partial charge in [-0.3, -0.25) is 0 Å². The van der Waals surface area contributed by atoms with E-state index in [1.807, 2.05) is 13.8 Å². The van der Waals surface area contributed by atoms with Crippen molar-refractivity contribution in [3.05, 3.63) is 29.8 Å². The first-order chi connectivity index (χ1) is 9.58. The molecule has 120 valence electrons. The first-order valence-corrected chi connectivity index (χ1v) is 8.35. The van der Waals surface area contributed by atoms with E-state index >= 15 is 0 Å². The molecule has 1 atom stereocenters. The van der Waals surface area contributed by atoms with E-state index in [0.29, 0.717) is 12.5 Å². The van der Waals surface area contributed by atoms with E-state index in [-0.39, 0.29) is 11.8 Å². The summed E-state index contributed by atoms with van der Waals surface area (Å²) in [6.45, 7) is 3.62. The Morgan fingerprint density at radius 2 is 1.90 bits per heavy atom. The summed E-state index contributed by atoms with van der Waals surface area (Å²) < 4.78 is 64.7. The maximum absolute atomic E-state index is 12.6. The van der Waals surface area contributed by atoms with Gasteiger partial charge >= 0.3 is 6.18 Å². The second-order valence-electron chi connectivity index (χ2n) is 4.98. The maximum Gasteiger partial charge on any atom is 0.416 e. The SMILES string of the molecule is CC(C)C(CCCl)NS(=O)(=O)c1cccc(C(F)(F)F)c1. The zero-order valence-electron chi connectivity index (χ0n) is 11.6. The molecule has 0 radical (unpaired) electrons. The highest BCUT2D eigenvalue weighted by molar-refractivity contribution is 7.89. The molecule has 0 aliphatic rings. The molecule has 0 aromatic heterocycles. The van der Waals surface area contributed by atoms with Gasteiger partial charge in [0.15, 0.2) is 0 Å².